The number of amides is 2. The fourth-order valence-electron chi connectivity index (χ4n) is 4.30. The lowest BCUT2D eigenvalue weighted by Crippen LogP contribution is -2.54. The van der Waals surface area contributed by atoms with Crippen molar-refractivity contribution in [2.45, 2.75) is 52.2 Å². The number of nitrogens with zero attached hydrogens (tertiary/aromatic N) is 2. The summed E-state index contributed by atoms with van der Waals surface area (Å²) in [6.07, 6.45) is 1.89. The maximum Gasteiger partial charge on any atom is 0.244 e. The third-order valence-electron chi connectivity index (χ3n) is 6.79. The largest absolute Gasteiger partial charge is 0.352 e. The summed E-state index contributed by atoms with van der Waals surface area (Å²) in [5, 5.41) is 3.40. The van der Waals surface area contributed by atoms with E-state index in [1.165, 1.54) is 24.0 Å². The molecule has 0 bridgehead atoms. The smallest absolute Gasteiger partial charge is 0.244 e. The van der Waals surface area contributed by atoms with Gasteiger partial charge in [-0.25, -0.2) is 8.42 Å². The molecular weight excluding hydrogens is 562 g/mol. The lowest BCUT2D eigenvalue weighted by molar-refractivity contribution is -0.140. The summed E-state index contributed by atoms with van der Waals surface area (Å²) in [6.45, 7) is 4.61. The van der Waals surface area contributed by atoms with Crippen LogP contribution < -0.4 is 9.62 Å². The first kappa shape index (κ1) is 31.8. The predicted octanol–water partition coefficient (Wildman–Crippen LogP) is 4.86. The van der Waals surface area contributed by atoms with Crippen molar-refractivity contribution in [3.8, 4) is 0 Å². The van der Waals surface area contributed by atoms with Crippen LogP contribution >= 0.6 is 11.6 Å². The summed E-state index contributed by atoms with van der Waals surface area (Å²) in [5.74, 6) is -1.19. The molecule has 0 saturated carbocycles. The Labute approximate surface area is 247 Å². The maximum atomic E-state index is 14.1. The fourth-order valence-corrected chi connectivity index (χ4v) is 5.34. The van der Waals surface area contributed by atoms with E-state index in [0.717, 1.165) is 16.1 Å². The summed E-state index contributed by atoms with van der Waals surface area (Å²) in [7, 11) is -3.95. The van der Waals surface area contributed by atoms with Gasteiger partial charge in [0.2, 0.25) is 21.8 Å². The molecule has 0 saturated heterocycles. The number of hydrogen-bond acceptors (Lipinski definition) is 5. The van der Waals surface area contributed by atoms with Crippen LogP contribution in [0.25, 0.3) is 0 Å². The zero-order valence-electron chi connectivity index (χ0n) is 23.7. The number of benzene rings is 3. The molecule has 0 aromatic heterocycles. The molecule has 41 heavy (non-hydrogen) atoms. The predicted molar refractivity (Wildman–Crippen MR) is 162 cm³/mol. The Morgan fingerprint density at radius 2 is 1.61 bits per heavy atom. The Balaban J connectivity index is 2.09. The summed E-state index contributed by atoms with van der Waals surface area (Å²) >= 11 is 6.47. The SMILES string of the molecule is CC[C@@H](C)NC(=O)[C@H](Cc1ccccc1)N(Cc1ccccc1Cl)C(=O)CN(c1cccc(C(C)=O)c1)S(C)(=O)=O. The number of rotatable bonds is 13. The lowest BCUT2D eigenvalue weighted by atomic mass is 10.0. The van der Waals surface area contributed by atoms with E-state index in [-0.39, 0.29) is 36.4 Å². The van der Waals surface area contributed by atoms with E-state index in [4.69, 9.17) is 11.6 Å². The number of hydrogen-bond donors (Lipinski definition) is 1. The van der Waals surface area contributed by atoms with Gasteiger partial charge in [-0.15, -0.1) is 0 Å². The van der Waals surface area contributed by atoms with Crippen molar-refractivity contribution in [3.63, 3.8) is 0 Å². The zero-order chi connectivity index (χ0) is 30.2. The summed E-state index contributed by atoms with van der Waals surface area (Å²) < 4.78 is 26.8. The second kappa shape index (κ2) is 14.3. The standard InChI is InChI=1S/C31H36ClN3O5S/c1-5-22(2)33-31(38)29(18-24-12-7-6-8-13-24)34(20-26-14-9-10-17-28(26)32)30(37)21-35(41(4,39)40)27-16-11-15-25(19-27)23(3)36/h6-17,19,22,29H,5,18,20-21H2,1-4H3,(H,33,38)/t22-,29+/m1/s1. The highest BCUT2D eigenvalue weighted by atomic mass is 35.5. The van der Waals surface area contributed by atoms with E-state index in [1.807, 2.05) is 44.2 Å². The molecule has 3 aromatic rings. The van der Waals surface area contributed by atoms with Crippen molar-refractivity contribution in [2.24, 2.45) is 0 Å². The molecule has 0 heterocycles. The molecule has 0 radical (unpaired) electrons. The average molecular weight is 598 g/mol. The minimum absolute atomic E-state index is 0.0188. The van der Waals surface area contributed by atoms with Gasteiger partial charge in [0.15, 0.2) is 5.78 Å². The monoisotopic (exact) mass is 597 g/mol. The quantitative estimate of drug-likeness (QED) is 0.283. The molecule has 0 aliphatic rings. The van der Waals surface area contributed by atoms with Gasteiger partial charge in [-0.1, -0.05) is 79.2 Å². The van der Waals surface area contributed by atoms with E-state index in [9.17, 15) is 22.8 Å². The Kier molecular flexibility index (Phi) is 11.1. The summed E-state index contributed by atoms with van der Waals surface area (Å²) in [6, 6.07) is 21.3. The molecule has 0 unspecified atom stereocenters. The summed E-state index contributed by atoms with van der Waals surface area (Å²) in [4.78, 5) is 41.2. The van der Waals surface area contributed by atoms with E-state index >= 15 is 0 Å². The molecule has 3 rings (SSSR count). The van der Waals surface area contributed by atoms with Gasteiger partial charge in [-0.05, 0) is 49.6 Å². The first-order valence-electron chi connectivity index (χ1n) is 13.4. The van der Waals surface area contributed by atoms with Crippen LogP contribution in [0.3, 0.4) is 0 Å². The number of halogens is 1. The summed E-state index contributed by atoms with van der Waals surface area (Å²) in [5.41, 5.74) is 1.94. The van der Waals surface area contributed by atoms with Crippen LogP contribution in [0.15, 0.2) is 78.9 Å². The van der Waals surface area contributed by atoms with Crippen LogP contribution in [0.2, 0.25) is 5.02 Å². The average Bonchev–Trinajstić information content (AvgIpc) is 2.94. The van der Waals surface area contributed by atoms with Crippen LogP contribution in [0.1, 0.15) is 48.7 Å². The normalized spacial score (nSPS) is 12.7. The molecule has 0 fully saturated rings. The molecule has 2 atom stereocenters. The first-order valence-corrected chi connectivity index (χ1v) is 15.6. The number of Topliss-reactive ketones (excluding diaryl/α,β-unsaturated/α-hetero) is 1. The molecule has 0 aliphatic carbocycles. The van der Waals surface area contributed by atoms with Gasteiger partial charge in [0.05, 0.1) is 11.9 Å². The number of ketones is 1. The minimum Gasteiger partial charge on any atom is -0.352 e. The highest BCUT2D eigenvalue weighted by molar-refractivity contribution is 7.92. The van der Waals surface area contributed by atoms with Gasteiger partial charge in [-0.2, -0.15) is 0 Å². The van der Waals surface area contributed by atoms with Gasteiger partial charge in [0, 0.05) is 29.6 Å². The van der Waals surface area contributed by atoms with Crippen molar-refractivity contribution in [1.29, 1.82) is 0 Å². The molecule has 0 aliphatic heterocycles. The zero-order valence-corrected chi connectivity index (χ0v) is 25.3. The van der Waals surface area contributed by atoms with Gasteiger partial charge in [0.1, 0.15) is 12.6 Å². The van der Waals surface area contributed by atoms with Crippen molar-refractivity contribution in [1.82, 2.24) is 10.2 Å². The van der Waals surface area contributed by atoms with Gasteiger partial charge in [0.25, 0.3) is 0 Å². The molecule has 2 amide bonds. The molecule has 8 nitrogen and oxygen atoms in total. The molecule has 218 valence electrons. The topological polar surface area (TPSA) is 104 Å². The molecule has 0 spiro atoms. The van der Waals surface area contributed by atoms with Gasteiger partial charge >= 0.3 is 0 Å². The number of carbonyl (C=O) groups is 3. The second-order valence-electron chi connectivity index (χ2n) is 10.0. The van der Waals surface area contributed by atoms with Crippen LogP contribution in [0, 0.1) is 0 Å². The molecule has 10 heteroatoms. The number of sulfonamides is 1. The van der Waals surface area contributed by atoms with Crippen molar-refractivity contribution >= 4 is 44.9 Å². The first-order chi connectivity index (χ1) is 19.4. The number of anilines is 1. The minimum atomic E-state index is -3.95. The Morgan fingerprint density at radius 3 is 2.22 bits per heavy atom. The Bertz CT molecular complexity index is 1480. The van der Waals surface area contributed by atoms with Gasteiger partial charge < -0.3 is 10.2 Å². The van der Waals surface area contributed by atoms with Crippen LogP contribution in [0.5, 0.6) is 0 Å². The van der Waals surface area contributed by atoms with E-state index in [1.54, 1.807) is 36.4 Å². The second-order valence-corrected chi connectivity index (χ2v) is 12.3. The van der Waals surface area contributed by atoms with Crippen molar-refractivity contribution < 1.29 is 22.8 Å². The maximum absolute atomic E-state index is 14.1. The van der Waals surface area contributed by atoms with E-state index in [0.29, 0.717) is 22.6 Å². The van der Waals surface area contributed by atoms with Crippen LogP contribution in [0.4, 0.5) is 5.69 Å². The third kappa shape index (κ3) is 8.90. The van der Waals surface area contributed by atoms with Crippen molar-refractivity contribution in [3.05, 3.63) is 101 Å². The van der Waals surface area contributed by atoms with E-state index in [2.05, 4.69) is 5.32 Å². The number of nitrogens with one attached hydrogen (secondary N) is 1. The third-order valence-corrected chi connectivity index (χ3v) is 8.30. The highest BCUT2D eigenvalue weighted by Gasteiger charge is 2.33. The Hall–Kier alpha value is -3.69. The lowest BCUT2D eigenvalue weighted by Gasteiger charge is -2.34. The van der Waals surface area contributed by atoms with Crippen molar-refractivity contribution in [2.75, 3.05) is 17.1 Å². The Morgan fingerprint density at radius 1 is 0.951 bits per heavy atom. The molecular formula is C31H36ClN3O5S. The molecule has 3 aromatic carbocycles. The number of carbonyl (C=O) groups excluding carboxylic acids is 3. The van der Waals surface area contributed by atoms with E-state index < -0.39 is 28.5 Å². The van der Waals surface area contributed by atoms with Gasteiger partial charge in [-0.3, -0.25) is 18.7 Å². The fraction of sp³-hybridized carbons (Fsp3) is 0.323. The molecule has 1 N–H and O–H groups in total. The van der Waals surface area contributed by atoms with Crippen LogP contribution in [-0.2, 0) is 32.6 Å². The van der Waals surface area contributed by atoms with Crippen LogP contribution in [-0.4, -0.2) is 55.8 Å². The highest BCUT2D eigenvalue weighted by Crippen LogP contribution is 2.24.